The Bertz CT molecular complexity index is 1150. The maximum absolute atomic E-state index is 13.4. The molecule has 2 aromatic carbocycles. The lowest BCUT2D eigenvalue weighted by Gasteiger charge is -2.29. The Morgan fingerprint density at radius 3 is 2.65 bits per heavy atom. The van der Waals surface area contributed by atoms with Crippen molar-refractivity contribution in [1.29, 1.82) is 0 Å². The molecule has 1 amide bonds. The number of aromatic amines is 1. The van der Waals surface area contributed by atoms with Crippen molar-refractivity contribution in [3.8, 4) is 0 Å². The van der Waals surface area contributed by atoms with E-state index in [1.807, 2.05) is 42.2 Å². The Kier molecular flexibility index (Phi) is 7.76. The van der Waals surface area contributed by atoms with Crippen molar-refractivity contribution in [2.75, 3.05) is 13.7 Å². The Morgan fingerprint density at radius 1 is 1.23 bits per heavy atom. The molecule has 0 saturated heterocycles. The van der Waals surface area contributed by atoms with Gasteiger partial charge in [-0.15, -0.1) is 0 Å². The van der Waals surface area contributed by atoms with Crippen LogP contribution in [0.4, 0.5) is 0 Å². The SMILES string of the molecule is CCC(C)N(Cc1ccccc1)C(=O)c1ccc2c(=O)n(CCCOC)c(=S)[nH]c2c1. The van der Waals surface area contributed by atoms with E-state index in [-0.39, 0.29) is 17.5 Å². The van der Waals surface area contributed by atoms with E-state index >= 15 is 0 Å². The third kappa shape index (κ3) is 5.29. The number of hydrogen-bond acceptors (Lipinski definition) is 4. The molecule has 0 aliphatic carbocycles. The van der Waals surface area contributed by atoms with Gasteiger partial charge < -0.3 is 14.6 Å². The van der Waals surface area contributed by atoms with E-state index in [0.29, 0.717) is 47.4 Å². The lowest BCUT2D eigenvalue weighted by Crippen LogP contribution is -2.37. The lowest BCUT2D eigenvalue weighted by molar-refractivity contribution is 0.0671. The van der Waals surface area contributed by atoms with Crippen molar-refractivity contribution in [3.63, 3.8) is 0 Å². The van der Waals surface area contributed by atoms with Crippen LogP contribution in [0.25, 0.3) is 10.9 Å². The van der Waals surface area contributed by atoms with Gasteiger partial charge in [0.15, 0.2) is 4.77 Å². The van der Waals surface area contributed by atoms with Crippen molar-refractivity contribution < 1.29 is 9.53 Å². The van der Waals surface area contributed by atoms with Crippen LogP contribution in [0.2, 0.25) is 0 Å². The fourth-order valence-corrected chi connectivity index (χ4v) is 3.84. The highest BCUT2D eigenvalue weighted by Crippen LogP contribution is 2.18. The minimum Gasteiger partial charge on any atom is -0.385 e. The number of carbonyl (C=O) groups is 1. The van der Waals surface area contributed by atoms with E-state index in [1.54, 1.807) is 29.9 Å². The van der Waals surface area contributed by atoms with Crippen molar-refractivity contribution in [3.05, 3.63) is 74.8 Å². The molecule has 3 aromatic rings. The number of rotatable bonds is 9. The molecule has 164 valence electrons. The number of hydrogen-bond donors (Lipinski definition) is 1. The summed E-state index contributed by atoms with van der Waals surface area (Å²) in [5.41, 5.74) is 2.03. The zero-order valence-corrected chi connectivity index (χ0v) is 19.1. The van der Waals surface area contributed by atoms with Crippen LogP contribution >= 0.6 is 12.2 Å². The first kappa shape index (κ1) is 22.9. The fraction of sp³-hybridized carbons (Fsp3) is 0.375. The first-order valence-corrected chi connectivity index (χ1v) is 11.0. The second-order valence-corrected chi connectivity index (χ2v) is 8.06. The van der Waals surface area contributed by atoms with Crippen molar-refractivity contribution in [2.45, 2.75) is 45.8 Å². The molecule has 7 heteroatoms. The van der Waals surface area contributed by atoms with Gasteiger partial charge in [-0.2, -0.15) is 0 Å². The number of H-pyrrole nitrogens is 1. The standard InChI is InChI=1S/C24H29N3O3S/c1-4-17(2)27(16-18-9-6-5-7-10-18)22(28)19-11-12-20-21(15-19)25-24(31)26(23(20)29)13-8-14-30-3/h5-7,9-12,15,17H,4,8,13-14,16H2,1-3H3,(H,25,31). The van der Waals surface area contributed by atoms with E-state index in [2.05, 4.69) is 11.9 Å². The quantitative estimate of drug-likeness (QED) is 0.393. The highest BCUT2D eigenvalue weighted by molar-refractivity contribution is 7.71. The number of carbonyl (C=O) groups excluding carboxylic acids is 1. The maximum Gasteiger partial charge on any atom is 0.262 e. The molecule has 1 N–H and O–H groups in total. The van der Waals surface area contributed by atoms with Crippen LogP contribution in [-0.2, 0) is 17.8 Å². The second-order valence-electron chi connectivity index (χ2n) is 7.67. The third-order valence-corrected chi connectivity index (χ3v) is 5.86. The van der Waals surface area contributed by atoms with Gasteiger partial charge in [0.05, 0.1) is 10.9 Å². The van der Waals surface area contributed by atoms with Gasteiger partial charge >= 0.3 is 0 Å². The molecule has 0 saturated carbocycles. The molecule has 1 unspecified atom stereocenters. The summed E-state index contributed by atoms with van der Waals surface area (Å²) < 4.78 is 6.95. The molecule has 1 atom stereocenters. The van der Waals surface area contributed by atoms with Crippen LogP contribution in [0.5, 0.6) is 0 Å². The number of fused-ring (bicyclic) bond motifs is 1. The second kappa shape index (κ2) is 10.5. The minimum absolute atomic E-state index is 0.0660. The molecular weight excluding hydrogens is 410 g/mol. The van der Waals surface area contributed by atoms with Gasteiger partial charge in [-0.3, -0.25) is 14.2 Å². The van der Waals surface area contributed by atoms with Crippen LogP contribution in [-0.4, -0.2) is 40.1 Å². The molecule has 0 aliphatic rings. The smallest absolute Gasteiger partial charge is 0.262 e. The van der Waals surface area contributed by atoms with Gasteiger partial charge in [0.25, 0.3) is 11.5 Å². The number of ether oxygens (including phenoxy) is 1. The number of nitrogens with one attached hydrogen (secondary N) is 1. The lowest BCUT2D eigenvalue weighted by atomic mass is 10.1. The Labute approximate surface area is 187 Å². The predicted molar refractivity (Wildman–Crippen MR) is 126 cm³/mol. The Hall–Kier alpha value is -2.77. The average Bonchev–Trinajstić information content (AvgIpc) is 2.79. The summed E-state index contributed by atoms with van der Waals surface area (Å²) >= 11 is 5.40. The monoisotopic (exact) mass is 439 g/mol. The number of aromatic nitrogens is 2. The van der Waals surface area contributed by atoms with Gasteiger partial charge in [-0.25, -0.2) is 0 Å². The summed E-state index contributed by atoms with van der Waals surface area (Å²) in [5.74, 6) is -0.0660. The Balaban J connectivity index is 1.95. The van der Waals surface area contributed by atoms with Gasteiger partial charge in [-0.05, 0) is 55.7 Å². The van der Waals surface area contributed by atoms with E-state index < -0.39 is 0 Å². The molecule has 0 fully saturated rings. The van der Waals surface area contributed by atoms with Gasteiger partial charge in [-0.1, -0.05) is 37.3 Å². The molecule has 0 aliphatic heterocycles. The first-order chi connectivity index (χ1) is 15.0. The topological polar surface area (TPSA) is 67.3 Å². The molecule has 3 rings (SSSR count). The normalized spacial score (nSPS) is 12.1. The van der Waals surface area contributed by atoms with E-state index in [0.717, 1.165) is 12.0 Å². The largest absolute Gasteiger partial charge is 0.385 e. The molecule has 31 heavy (non-hydrogen) atoms. The summed E-state index contributed by atoms with van der Waals surface area (Å²) in [6.45, 7) is 5.69. The van der Waals surface area contributed by atoms with Crippen molar-refractivity contribution >= 4 is 29.0 Å². The summed E-state index contributed by atoms with van der Waals surface area (Å²) in [6.07, 6.45) is 1.54. The summed E-state index contributed by atoms with van der Waals surface area (Å²) in [4.78, 5) is 31.3. The zero-order valence-electron chi connectivity index (χ0n) is 18.3. The third-order valence-electron chi connectivity index (χ3n) is 5.54. The molecule has 0 bridgehead atoms. The summed E-state index contributed by atoms with van der Waals surface area (Å²) in [6, 6.07) is 15.2. The maximum atomic E-state index is 13.4. The first-order valence-electron chi connectivity index (χ1n) is 10.6. The highest BCUT2D eigenvalue weighted by atomic mass is 32.1. The number of benzene rings is 2. The fourth-order valence-electron chi connectivity index (χ4n) is 3.55. The number of methoxy groups -OCH3 is 1. The van der Waals surface area contributed by atoms with E-state index in [1.165, 1.54) is 0 Å². The van der Waals surface area contributed by atoms with Crippen LogP contribution in [0.15, 0.2) is 53.3 Å². The molecular formula is C24H29N3O3S. The van der Waals surface area contributed by atoms with Crippen LogP contribution in [0.3, 0.4) is 0 Å². The van der Waals surface area contributed by atoms with Crippen LogP contribution in [0, 0.1) is 4.77 Å². The summed E-state index contributed by atoms with van der Waals surface area (Å²) in [7, 11) is 1.63. The molecule has 1 aromatic heterocycles. The van der Waals surface area contributed by atoms with Gasteiger partial charge in [0.2, 0.25) is 0 Å². The molecule has 6 nitrogen and oxygen atoms in total. The summed E-state index contributed by atoms with van der Waals surface area (Å²) in [5, 5.41) is 0.515. The van der Waals surface area contributed by atoms with E-state index in [4.69, 9.17) is 17.0 Å². The number of amides is 1. The molecule has 0 radical (unpaired) electrons. The van der Waals surface area contributed by atoms with Crippen LogP contribution < -0.4 is 5.56 Å². The minimum atomic E-state index is -0.156. The van der Waals surface area contributed by atoms with Crippen molar-refractivity contribution in [2.24, 2.45) is 0 Å². The zero-order chi connectivity index (χ0) is 22.4. The molecule has 1 heterocycles. The highest BCUT2D eigenvalue weighted by Gasteiger charge is 2.21. The van der Waals surface area contributed by atoms with Gasteiger partial charge in [0, 0.05) is 38.4 Å². The van der Waals surface area contributed by atoms with E-state index in [9.17, 15) is 9.59 Å². The Morgan fingerprint density at radius 2 is 1.97 bits per heavy atom. The number of nitrogens with zero attached hydrogens (tertiary/aromatic N) is 2. The van der Waals surface area contributed by atoms with Crippen LogP contribution in [0.1, 0.15) is 42.6 Å². The van der Waals surface area contributed by atoms with Gasteiger partial charge in [0.1, 0.15) is 0 Å². The predicted octanol–water partition coefficient (Wildman–Crippen LogP) is 4.54. The molecule has 0 spiro atoms. The van der Waals surface area contributed by atoms with Crippen molar-refractivity contribution in [1.82, 2.24) is 14.5 Å². The average molecular weight is 440 g/mol.